The van der Waals surface area contributed by atoms with Crippen molar-refractivity contribution in [1.29, 1.82) is 0 Å². The number of imidazole rings is 1. The van der Waals surface area contributed by atoms with Crippen LogP contribution in [0.15, 0.2) is 33.0 Å². The Balaban J connectivity index is 0.000000183. The first kappa shape index (κ1) is 28.5. The van der Waals surface area contributed by atoms with Crippen LogP contribution in [-0.2, 0) is 22.2 Å². The van der Waals surface area contributed by atoms with Crippen LogP contribution in [0.5, 0.6) is 0 Å². The van der Waals surface area contributed by atoms with Gasteiger partial charge in [0.25, 0.3) is 17.1 Å². The molecule has 2 aliphatic rings. The third-order valence-corrected chi connectivity index (χ3v) is 6.71. The normalized spacial score (nSPS) is 32.4. The molecule has 0 spiro atoms. The third-order valence-electron chi connectivity index (χ3n) is 6.71. The van der Waals surface area contributed by atoms with E-state index < -0.39 is 78.6 Å². The number of hydrogen-bond acceptors (Lipinski definition) is 13. The zero-order chi connectivity index (χ0) is 28.8. The molecule has 8 atom stereocenters. The second kappa shape index (κ2) is 10.6. The van der Waals surface area contributed by atoms with E-state index in [9.17, 15) is 34.8 Å². The van der Waals surface area contributed by atoms with E-state index in [4.69, 9.17) is 25.4 Å². The first-order valence-electron chi connectivity index (χ1n) is 11.7. The fourth-order valence-electron chi connectivity index (χ4n) is 4.64. The molecule has 214 valence electrons. The van der Waals surface area contributed by atoms with Crippen LogP contribution < -0.4 is 27.1 Å². The highest BCUT2D eigenvalue weighted by atomic mass is 16.6. The summed E-state index contributed by atoms with van der Waals surface area (Å²) in [6.45, 7) is 0.457. The summed E-state index contributed by atoms with van der Waals surface area (Å²) in [5.74, 6) is -0.0702. The highest BCUT2D eigenvalue weighted by molar-refractivity contribution is 5.67. The molecule has 18 heteroatoms. The Labute approximate surface area is 217 Å². The Hall–Kier alpha value is -3.49. The van der Waals surface area contributed by atoms with E-state index in [0.29, 0.717) is 0 Å². The van der Waals surface area contributed by atoms with Gasteiger partial charge in [-0.15, -0.1) is 0 Å². The number of nitrogens with one attached hydrogen (secondary N) is 2. The highest BCUT2D eigenvalue weighted by Crippen LogP contribution is 2.34. The van der Waals surface area contributed by atoms with Gasteiger partial charge in [0.05, 0.1) is 20.3 Å². The summed E-state index contributed by atoms with van der Waals surface area (Å²) in [5, 5.41) is 57.6. The fraction of sp³-hybridized carbons (Fsp3) is 0.571. The predicted octanol–water partition coefficient (Wildman–Crippen LogP) is -5.93. The van der Waals surface area contributed by atoms with Gasteiger partial charge in [0, 0.05) is 12.3 Å². The molecule has 5 heterocycles. The lowest BCUT2D eigenvalue weighted by atomic mass is 10.0. The van der Waals surface area contributed by atoms with E-state index in [1.54, 1.807) is 7.05 Å². The predicted molar refractivity (Wildman–Crippen MR) is 128 cm³/mol. The van der Waals surface area contributed by atoms with Gasteiger partial charge in [-0.05, 0) is 6.92 Å². The largest absolute Gasteiger partial charge is 0.394 e. The Morgan fingerprint density at radius 3 is 2.31 bits per heavy atom. The van der Waals surface area contributed by atoms with Crippen molar-refractivity contribution in [1.82, 2.24) is 24.1 Å². The molecule has 0 aromatic carbocycles. The number of nitrogen functional groups attached to an aromatic ring is 1. The van der Waals surface area contributed by atoms with Gasteiger partial charge in [-0.25, -0.2) is 9.36 Å². The van der Waals surface area contributed by atoms with Gasteiger partial charge in [-0.1, -0.05) is 4.98 Å². The summed E-state index contributed by atoms with van der Waals surface area (Å²) in [6.07, 6.45) is -5.44. The maximum Gasteiger partial charge on any atom is 0.330 e. The van der Waals surface area contributed by atoms with Crippen LogP contribution in [-0.4, -0.2) is 105 Å². The SMILES string of the molecule is C[C@@]1(n2ccc(=O)[nH]c2=O)O[C@H](CO)[C@@H](O)[C@H]1O.Cn1c[n+]([C@@H]2O[C@H](CO)[C@@H](O)[C@H]2O)c2nc(N)[nH]c(=O)c21. The van der Waals surface area contributed by atoms with Gasteiger partial charge in [-0.2, -0.15) is 0 Å². The van der Waals surface area contributed by atoms with Crippen LogP contribution in [0.2, 0.25) is 0 Å². The van der Waals surface area contributed by atoms with E-state index in [-0.39, 0.29) is 17.1 Å². The maximum absolute atomic E-state index is 11.9. The Morgan fingerprint density at radius 2 is 1.74 bits per heavy atom. The van der Waals surface area contributed by atoms with Crippen LogP contribution in [0.1, 0.15) is 13.2 Å². The second-order valence-corrected chi connectivity index (χ2v) is 9.29. The fourth-order valence-corrected chi connectivity index (χ4v) is 4.64. The van der Waals surface area contributed by atoms with Gasteiger partial charge in [0.1, 0.15) is 36.6 Å². The van der Waals surface area contributed by atoms with Crippen molar-refractivity contribution in [3.63, 3.8) is 0 Å². The number of hydrogen-bond donors (Lipinski definition) is 9. The number of ether oxygens (including phenoxy) is 2. The summed E-state index contributed by atoms with van der Waals surface area (Å²) < 4.78 is 14.6. The number of aliphatic hydroxyl groups is 6. The van der Waals surface area contributed by atoms with Crippen molar-refractivity contribution in [2.24, 2.45) is 7.05 Å². The molecule has 0 bridgehead atoms. The van der Waals surface area contributed by atoms with Crippen LogP contribution in [0, 0.1) is 0 Å². The summed E-state index contributed by atoms with van der Waals surface area (Å²) in [6, 6.07) is 1.10. The van der Waals surface area contributed by atoms with Crippen molar-refractivity contribution < 1.29 is 44.7 Å². The first-order valence-corrected chi connectivity index (χ1v) is 11.7. The van der Waals surface area contributed by atoms with Crippen molar-refractivity contribution in [2.45, 2.75) is 55.5 Å². The summed E-state index contributed by atoms with van der Waals surface area (Å²) >= 11 is 0. The lowest BCUT2D eigenvalue weighted by molar-refractivity contribution is -0.745. The average molecular weight is 557 g/mol. The van der Waals surface area contributed by atoms with E-state index >= 15 is 0 Å². The van der Waals surface area contributed by atoms with Crippen molar-refractivity contribution in [3.8, 4) is 0 Å². The molecule has 39 heavy (non-hydrogen) atoms. The summed E-state index contributed by atoms with van der Waals surface area (Å²) in [7, 11) is 1.63. The van der Waals surface area contributed by atoms with Crippen LogP contribution in [0.3, 0.4) is 0 Å². The number of aromatic amines is 2. The number of anilines is 1. The molecule has 2 fully saturated rings. The number of aliphatic hydroxyl groups excluding tert-OH is 6. The minimum Gasteiger partial charge on any atom is -0.394 e. The van der Waals surface area contributed by atoms with E-state index in [1.165, 1.54) is 22.4 Å². The van der Waals surface area contributed by atoms with Crippen molar-refractivity contribution >= 4 is 17.1 Å². The van der Waals surface area contributed by atoms with Crippen LogP contribution in [0.25, 0.3) is 11.2 Å². The Kier molecular flexibility index (Phi) is 7.74. The molecule has 2 aliphatic heterocycles. The van der Waals surface area contributed by atoms with Gasteiger partial charge < -0.3 is 45.8 Å². The number of H-pyrrole nitrogens is 2. The van der Waals surface area contributed by atoms with Crippen molar-refractivity contribution in [2.75, 3.05) is 18.9 Å². The molecule has 10 N–H and O–H groups in total. The van der Waals surface area contributed by atoms with Gasteiger partial charge in [0.15, 0.2) is 12.1 Å². The minimum absolute atomic E-state index is 0.0702. The molecule has 0 saturated carbocycles. The number of nitrogens with zero attached hydrogens (tertiary/aromatic N) is 4. The van der Waals surface area contributed by atoms with Crippen LogP contribution >= 0.6 is 0 Å². The van der Waals surface area contributed by atoms with Gasteiger partial charge >= 0.3 is 11.3 Å². The zero-order valence-electron chi connectivity index (χ0n) is 20.8. The lowest BCUT2D eigenvalue weighted by Crippen LogP contribution is -2.49. The average Bonchev–Trinajstić information content (AvgIpc) is 3.44. The standard InChI is InChI=1S/C11H15N5O5.C10H14N2O6/c1-15-3-16(8-5(15)9(20)14-11(12)13-8)10-7(19)6(18)4(2-17)21-10;1-10(8(16)7(15)5(4-13)18-10)12-3-2-6(14)11-9(12)17/h3-4,6-7,10,17-19H,2H2,1H3,(H2-,12,13,14,20);2-3,5,7-8,13,15-16H,4H2,1H3,(H,11,14,17)/p+1/t4-,6-,7-,10-;5-,7-,8-,10-/m11/s1. The van der Waals surface area contributed by atoms with Crippen LogP contribution in [0.4, 0.5) is 5.95 Å². The third kappa shape index (κ3) is 4.87. The highest BCUT2D eigenvalue weighted by Gasteiger charge is 2.52. The van der Waals surface area contributed by atoms with E-state index in [0.717, 1.165) is 16.8 Å². The molecule has 3 aromatic heterocycles. The number of aryl methyl sites for hydroxylation is 1. The molecule has 5 rings (SSSR count). The number of fused-ring (bicyclic) bond motifs is 1. The quantitative estimate of drug-likeness (QED) is 0.136. The molecule has 0 radical (unpaired) electrons. The summed E-state index contributed by atoms with van der Waals surface area (Å²) in [5.41, 5.74) is 2.68. The molecular weight excluding hydrogens is 526 g/mol. The molecule has 0 unspecified atom stereocenters. The van der Waals surface area contributed by atoms with E-state index in [2.05, 4.69) is 9.97 Å². The van der Waals surface area contributed by atoms with Gasteiger partial charge in [0.2, 0.25) is 11.7 Å². The molecule has 0 aliphatic carbocycles. The minimum atomic E-state index is -1.55. The lowest BCUT2D eigenvalue weighted by Gasteiger charge is -2.29. The topological polar surface area (TPSA) is 275 Å². The van der Waals surface area contributed by atoms with Gasteiger partial charge in [-0.3, -0.25) is 28.7 Å². The Morgan fingerprint density at radius 1 is 1.08 bits per heavy atom. The molecule has 2 saturated heterocycles. The monoisotopic (exact) mass is 556 g/mol. The number of aromatic nitrogens is 6. The smallest absolute Gasteiger partial charge is 0.330 e. The Bertz CT molecular complexity index is 1520. The van der Waals surface area contributed by atoms with E-state index in [1.807, 2.05) is 4.98 Å². The number of rotatable bonds is 4. The zero-order valence-corrected chi connectivity index (χ0v) is 20.8. The molecule has 3 aromatic rings. The first-order chi connectivity index (χ1) is 18.3. The molecular formula is C21H30N7O11+. The maximum atomic E-state index is 11.9. The molecule has 18 nitrogen and oxygen atoms in total. The summed E-state index contributed by atoms with van der Waals surface area (Å²) in [4.78, 5) is 43.0. The molecule has 0 amide bonds. The van der Waals surface area contributed by atoms with Crippen molar-refractivity contribution in [3.05, 3.63) is 49.8 Å². The number of nitrogens with two attached hydrogens (primary N) is 1. The second-order valence-electron chi connectivity index (χ2n) is 9.29.